The van der Waals surface area contributed by atoms with Crippen LogP contribution < -0.4 is 5.73 Å². The fourth-order valence-electron chi connectivity index (χ4n) is 1.50. The van der Waals surface area contributed by atoms with Gasteiger partial charge < -0.3 is 5.73 Å². The quantitative estimate of drug-likeness (QED) is 0.843. The summed E-state index contributed by atoms with van der Waals surface area (Å²) in [6.45, 7) is 2.00. The van der Waals surface area contributed by atoms with Crippen LogP contribution in [-0.4, -0.2) is 21.0 Å². The Bertz CT molecular complexity index is 433. The number of hydrogen-bond acceptors (Lipinski definition) is 3. The van der Waals surface area contributed by atoms with E-state index in [1.54, 1.807) is 4.68 Å². The molecule has 0 saturated heterocycles. The highest BCUT2D eigenvalue weighted by Gasteiger charge is 2.03. The Balaban J connectivity index is 2.08. The van der Waals surface area contributed by atoms with Crippen LogP contribution in [0.5, 0.6) is 0 Å². The van der Waals surface area contributed by atoms with Crippen LogP contribution >= 0.6 is 0 Å². The molecule has 2 aromatic rings. The molecule has 16 heavy (non-hydrogen) atoms. The number of aromatic nitrogens is 3. The number of benzene rings is 1. The van der Waals surface area contributed by atoms with Crippen LogP contribution in [0.25, 0.3) is 5.69 Å². The van der Waals surface area contributed by atoms with E-state index in [1.807, 2.05) is 43.5 Å². The molecule has 0 fully saturated rings. The van der Waals surface area contributed by atoms with Crippen molar-refractivity contribution in [1.82, 2.24) is 15.0 Å². The average molecular weight is 216 g/mol. The summed E-state index contributed by atoms with van der Waals surface area (Å²) in [4.78, 5) is 0. The molecular formula is C12H16N4. The van der Waals surface area contributed by atoms with Crippen LogP contribution in [0.4, 0.5) is 0 Å². The summed E-state index contributed by atoms with van der Waals surface area (Å²) in [5.74, 6) is 0. The molecule has 0 spiro atoms. The highest BCUT2D eigenvalue weighted by Crippen LogP contribution is 2.07. The molecule has 2 N–H and O–H groups in total. The number of hydrogen-bond donors (Lipinski definition) is 1. The van der Waals surface area contributed by atoms with Crippen molar-refractivity contribution >= 4 is 0 Å². The van der Waals surface area contributed by atoms with Gasteiger partial charge in [0.1, 0.15) is 0 Å². The Kier molecular flexibility index (Phi) is 3.31. The summed E-state index contributed by atoms with van der Waals surface area (Å²) >= 11 is 0. The van der Waals surface area contributed by atoms with Crippen LogP contribution in [0.3, 0.4) is 0 Å². The third-order valence-electron chi connectivity index (χ3n) is 2.42. The standard InChI is InChI=1S/C12H16N4/c1-10(13)7-8-11-9-16(15-14-11)12-5-3-2-4-6-12/h2-6,9-10H,7-8,13H2,1H3. The van der Waals surface area contributed by atoms with Gasteiger partial charge in [0.15, 0.2) is 0 Å². The minimum absolute atomic E-state index is 0.210. The summed E-state index contributed by atoms with van der Waals surface area (Å²) in [5, 5.41) is 8.21. The Morgan fingerprint density at radius 2 is 2.06 bits per heavy atom. The first-order chi connectivity index (χ1) is 7.75. The molecule has 1 aromatic heterocycles. The van der Waals surface area contributed by atoms with Crippen molar-refractivity contribution in [3.05, 3.63) is 42.2 Å². The van der Waals surface area contributed by atoms with Crippen molar-refractivity contribution in [2.45, 2.75) is 25.8 Å². The summed E-state index contributed by atoms with van der Waals surface area (Å²) in [6, 6.07) is 10.2. The first-order valence-electron chi connectivity index (χ1n) is 5.48. The highest BCUT2D eigenvalue weighted by molar-refractivity contribution is 5.29. The summed E-state index contributed by atoms with van der Waals surface area (Å²) in [6.07, 6.45) is 3.77. The van der Waals surface area contributed by atoms with Gasteiger partial charge in [0.05, 0.1) is 17.6 Å². The molecule has 2 rings (SSSR count). The topological polar surface area (TPSA) is 56.7 Å². The first-order valence-corrected chi connectivity index (χ1v) is 5.48. The van der Waals surface area contributed by atoms with Crippen LogP contribution in [0.2, 0.25) is 0 Å². The molecular weight excluding hydrogens is 200 g/mol. The molecule has 1 unspecified atom stereocenters. The number of nitrogens with two attached hydrogens (primary N) is 1. The second kappa shape index (κ2) is 4.90. The van der Waals surface area contributed by atoms with Gasteiger partial charge in [-0.05, 0) is 31.9 Å². The Morgan fingerprint density at radius 3 is 2.75 bits per heavy atom. The number of rotatable bonds is 4. The minimum Gasteiger partial charge on any atom is -0.328 e. The molecule has 84 valence electrons. The molecule has 0 aliphatic heterocycles. The molecule has 0 saturated carbocycles. The van der Waals surface area contributed by atoms with Gasteiger partial charge in [-0.2, -0.15) is 0 Å². The number of aryl methyl sites for hydroxylation is 1. The third kappa shape index (κ3) is 2.67. The van der Waals surface area contributed by atoms with Crippen LogP contribution in [-0.2, 0) is 6.42 Å². The summed E-state index contributed by atoms with van der Waals surface area (Å²) in [7, 11) is 0. The normalized spacial score (nSPS) is 12.6. The largest absolute Gasteiger partial charge is 0.328 e. The maximum absolute atomic E-state index is 5.70. The smallest absolute Gasteiger partial charge is 0.0832 e. The molecule has 4 heteroatoms. The van der Waals surface area contributed by atoms with E-state index >= 15 is 0 Å². The molecule has 0 bridgehead atoms. The van der Waals surface area contributed by atoms with Crippen molar-refractivity contribution in [3.8, 4) is 5.69 Å². The zero-order valence-electron chi connectivity index (χ0n) is 9.37. The van der Waals surface area contributed by atoms with Gasteiger partial charge in [0, 0.05) is 6.04 Å². The minimum atomic E-state index is 0.210. The zero-order valence-corrected chi connectivity index (χ0v) is 9.37. The van der Waals surface area contributed by atoms with E-state index in [-0.39, 0.29) is 6.04 Å². The van der Waals surface area contributed by atoms with Gasteiger partial charge in [-0.1, -0.05) is 23.4 Å². The van der Waals surface area contributed by atoms with E-state index in [0.29, 0.717) is 0 Å². The lowest BCUT2D eigenvalue weighted by atomic mass is 10.1. The SMILES string of the molecule is CC(N)CCc1cn(-c2ccccc2)nn1. The van der Waals surface area contributed by atoms with Gasteiger partial charge in [-0.15, -0.1) is 5.10 Å². The van der Waals surface area contributed by atoms with Crippen LogP contribution in [0, 0.1) is 0 Å². The molecule has 4 nitrogen and oxygen atoms in total. The van der Waals surface area contributed by atoms with Gasteiger partial charge in [-0.3, -0.25) is 0 Å². The third-order valence-corrected chi connectivity index (χ3v) is 2.42. The number of nitrogens with zero attached hydrogens (tertiary/aromatic N) is 3. The van der Waals surface area contributed by atoms with E-state index in [0.717, 1.165) is 24.2 Å². The molecule has 0 radical (unpaired) electrons. The molecule has 1 heterocycles. The van der Waals surface area contributed by atoms with Gasteiger partial charge in [0.25, 0.3) is 0 Å². The van der Waals surface area contributed by atoms with Gasteiger partial charge >= 0.3 is 0 Å². The predicted molar refractivity (Wildman–Crippen MR) is 63.3 cm³/mol. The first kappa shape index (κ1) is 10.8. The fraction of sp³-hybridized carbons (Fsp3) is 0.333. The average Bonchev–Trinajstić information content (AvgIpc) is 2.76. The van der Waals surface area contributed by atoms with E-state index in [9.17, 15) is 0 Å². The van der Waals surface area contributed by atoms with Crippen molar-refractivity contribution in [1.29, 1.82) is 0 Å². The maximum atomic E-state index is 5.70. The molecule has 1 aromatic carbocycles. The van der Waals surface area contributed by atoms with Crippen molar-refractivity contribution in [2.75, 3.05) is 0 Å². The van der Waals surface area contributed by atoms with Crippen molar-refractivity contribution in [2.24, 2.45) is 5.73 Å². The van der Waals surface area contributed by atoms with Crippen LogP contribution in [0.1, 0.15) is 19.0 Å². The highest BCUT2D eigenvalue weighted by atomic mass is 15.4. The van der Waals surface area contributed by atoms with E-state index in [1.165, 1.54) is 0 Å². The van der Waals surface area contributed by atoms with E-state index in [2.05, 4.69) is 10.3 Å². The van der Waals surface area contributed by atoms with Crippen LogP contribution in [0.15, 0.2) is 36.5 Å². The van der Waals surface area contributed by atoms with Gasteiger partial charge in [-0.25, -0.2) is 4.68 Å². The second-order valence-electron chi connectivity index (χ2n) is 4.01. The lowest BCUT2D eigenvalue weighted by Gasteiger charge is -2.00. The molecule has 0 aliphatic carbocycles. The maximum Gasteiger partial charge on any atom is 0.0832 e. The van der Waals surface area contributed by atoms with Crippen molar-refractivity contribution < 1.29 is 0 Å². The van der Waals surface area contributed by atoms with Crippen molar-refractivity contribution in [3.63, 3.8) is 0 Å². The lowest BCUT2D eigenvalue weighted by molar-refractivity contribution is 0.656. The zero-order chi connectivity index (χ0) is 11.4. The summed E-state index contributed by atoms with van der Waals surface area (Å²) < 4.78 is 1.79. The number of para-hydroxylation sites is 1. The Labute approximate surface area is 95.1 Å². The Morgan fingerprint density at radius 1 is 1.31 bits per heavy atom. The lowest BCUT2D eigenvalue weighted by Crippen LogP contribution is -2.15. The Hall–Kier alpha value is -1.68. The van der Waals surface area contributed by atoms with Gasteiger partial charge in [0.2, 0.25) is 0 Å². The monoisotopic (exact) mass is 216 g/mol. The molecule has 0 aliphatic rings. The molecule has 1 atom stereocenters. The van der Waals surface area contributed by atoms with E-state index in [4.69, 9.17) is 5.73 Å². The van der Waals surface area contributed by atoms with E-state index < -0.39 is 0 Å². The fourth-order valence-corrected chi connectivity index (χ4v) is 1.50. The molecule has 0 amide bonds. The second-order valence-corrected chi connectivity index (χ2v) is 4.01. The summed E-state index contributed by atoms with van der Waals surface area (Å²) in [5.41, 5.74) is 7.72. The predicted octanol–water partition coefficient (Wildman–Crippen LogP) is 1.55.